The van der Waals surface area contributed by atoms with Crippen molar-refractivity contribution >= 4 is 17.7 Å². The van der Waals surface area contributed by atoms with Crippen LogP contribution in [0, 0.1) is 0 Å². The maximum Gasteiger partial charge on any atom is 0.233 e. The average Bonchev–Trinajstić information content (AvgIpc) is 3.11. The molecule has 0 aliphatic carbocycles. The average molecular weight is 454 g/mol. The fourth-order valence-electron chi connectivity index (χ4n) is 3.05. The third-order valence-electron chi connectivity index (χ3n) is 5.13. The van der Waals surface area contributed by atoms with Gasteiger partial charge in [0.25, 0.3) is 0 Å². The number of rotatable bonds is 8. The summed E-state index contributed by atoms with van der Waals surface area (Å²) in [6.45, 7) is 10.5. The summed E-state index contributed by atoms with van der Waals surface area (Å²) in [5.74, 6) is 7.28. The topological polar surface area (TPSA) is 95.1 Å². The van der Waals surface area contributed by atoms with Gasteiger partial charge in [0, 0.05) is 0 Å². The molecule has 0 aliphatic heterocycles. The van der Waals surface area contributed by atoms with Gasteiger partial charge in [0.15, 0.2) is 5.82 Å². The quantitative estimate of drug-likeness (QED) is 0.392. The number of nitrogens with zero attached hydrogens (tertiary/aromatic N) is 3. The molecule has 32 heavy (non-hydrogen) atoms. The van der Waals surface area contributed by atoms with Crippen molar-refractivity contribution in [1.29, 1.82) is 0 Å². The summed E-state index contributed by atoms with van der Waals surface area (Å²) in [5, 5.41) is 11.3. The van der Waals surface area contributed by atoms with E-state index in [1.54, 1.807) is 0 Å². The lowest BCUT2D eigenvalue weighted by atomic mass is 9.87. The Bertz CT molecular complexity index is 1030. The third kappa shape index (κ3) is 6.03. The van der Waals surface area contributed by atoms with Crippen molar-refractivity contribution in [3.8, 4) is 5.75 Å². The van der Waals surface area contributed by atoms with Gasteiger partial charge in [-0.05, 0) is 42.5 Å². The number of thioether (sulfide) groups is 1. The molecule has 2 aromatic carbocycles. The summed E-state index contributed by atoms with van der Waals surface area (Å²) in [6.07, 6.45) is 0. The van der Waals surface area contributed by atoms with Crippen molar-refractivity contribution in [3.05, 3.63) is 71.5 Å². The molecule has 7 nitrogen and oxygen atoms in total. The molecule has 0 radical (unpaired) electrons. The highest BCUT2D eigenvalue weighted by molar-refractivity contribution is 8.00. The van der Waals surface area contributed by atoms with E-state index < -0.39 is 0 Å². The molecule has 1 heterocycles. The molecule has 0 saturated carbocycles. The predicted molar refractivity (Wildman–Crippen MR) is 128 cm³/mol. The summed E-state index contributed by atoms with van der Waals surface area (Å²) >= 11 is 1.26. The lowest BCUT2D eigenvalue weighted by Crippen LogP contribution is -2.33. The van der Waals surface area contributed by atoms with Crippen LogP contribution < -0.4 is 15.9 Å². The molecular formula is C24H31N5O2S. The number of hydrogen-bond donors (Lipinski definition) is 2. The van der Waals surface area contributed by atoms with Crippen molar-refractivity contribution in [2.75, 3.05) is 5.84 Å². The first-order valence-electron chi connectivity index (χ1n) is 10.6. The van der Waals surface area contributed by atoms with Gasteiger partial charge >= 0.3 is 0 Å². The molecule has 3 aromatic rings. The van der Waals surface area contributed by atoms with E-state index in [9.17, 15) is 4.79 Å². The fourth-order valence-corrected chi connectivity index (χ4v) is 3.85. The number of amides is 1. The van der Waals surface area contributed by atoms with Crippen LogP contribution in [0.5, 0.6) is 5.75 Å². The standard InChI is InChI=1S/C24H31N5O2S/c1-16(18-9-7-6-8-10-18)26-22(30)17(2)32-23-28-27-21(29(23)25)15-31-20-13-11-19(12-14-20)24(3,4)5/h6-14,16-17H,15,25H2,1-5H3,(H,26,30). The molecule has 0 aliphatic rings. The van der Waals surface area contributed by atoms with Crippen LogP contribution in [0.15, 0.2) is 59.8 Å². The van der Waals surface area contributed by atoms with Crippen LogP contribution in [0.2, 0.25) is 0 Å². The van der Waals surface area contributed by atoms with E-state index >= 15 is 0 Å². The van der Waals surface area contributed by atoms with Crippen LogP contribution in [-0.4, -0.2) is 26.0 Å². The van der Waals surface area contributed by atoms with E-state index in [2.05, 4.69) is 48.4 Å². The van der Waals surface area contributed by atoms with Crippen LogP contribution in [-0.2, 0) is 16.8 Å². The number of ether oxygens (including phenoxy) is 1. The molecule has 170 valence electrons. The molecule has 3 N–H and O–H groups in total. The van der Waals surface area contributed by atoms with Crippen molar-refractivity contribution in [2.45, 2.75) is 63.1 Å². The molecule has 2 atom stereocenters. The lowest BCUT2D eigenvalue weighted by molar-refractivity contribution is -0.120. The van der Waals surface area contributed by atoms with E-state index in [1.807, 2.05) is 56.3 Å². The van der Waals surface area contributed by atoms with Crippen molar-refractivity contribution in [1.82, 2.24) is 20.2 Å². The van der Waals surface area contributed by atoms with Crippen LogP contribution in [0.3, 0.4) is 0 Å². The number of carbonyl (C=O) groups excluding carboxylic acids is 1. The summed E-state index contributed by atoms with van der Waals surface area (Å²) < 4.78 is 7.19. The first-order valence-corrected chi connectivity index (χ1v) is 11.5. The van der Waals surface area contributed by atoms with Gasteiger partial charge in [0.05, 0.1) is 11.3 Å². The highest BCUT2D eigenvalue weighted by atomic mass is 32.2. The molecular weight excluding hydrogens is 422 g/mol. The molecule has 0 saturated heterocycles. The number of aromatic nitrogens is 3. The van der Waals surface area contributed by atoms with E-state index in [1.165, 1.54) is 22.0 Å². The van der Waals surface area contributed by atoms with E-state index in [4.69, 9.17) is 10.6 Å². The number of benzene rings is 2. The van der Waals surface area contributed by atoms with Crippen molar-refractivity contribution < 1.29 is 9.53 Å². The van der Waals surface area contributed by atoms with Crippen LogP contribution >= 0.6 is 11.8 Å². The van der Waals surface area contributed by atoms with Crippen molar-refractivity contribution in [3.63, 3.8) is 0 Å². The Balaban J connectivity index is 1.55. The molecule has 0 fully saturated rings. The summed E-state index contributed by atoms with van der Waals surface area (Å²) in [6, 6.07) is 17.7. The molecule has 0 spiro atoms. The normalized spacial score (nSPS) is 13.4. The zero-order chi connectivity index (χ0) is 23.3. The van der Waals surface area contributed by atoms with E-state index in [0.717, 1.165) is 11.3 Å². The predicted octanol–water partition coefficient (Wildman–Crippen LogP) is 4.23. The molecule has 1 aromatic heterocycles. The zero-order valence-corrected chi connectivity index (χ0v) is 20.0. The molecule has 2 unspecified atom stereocenters. The first kappa shape index (κ1) is 23.7. The zero-order valence-electron chi connectivity index (χ0n) is 19.2. The molecule has 3 rings (SSSR count). The monoisotopic (exact) mass is 453 g/mol. The maximum atomic E-state index is 12.6. The van der Waals surface area contributed by atoms with Crippen molar-refractivity contribution in [2.24, 2.45) is 0 Å². The summed E-state index contributed by atoms with van der Waals surface area (Å²) in [7, 11) is 0. The van der Waals surface area contributed by atoms with Gasteiger partial charge < -0.3 is 15.9 Å². The fraction of sp³-hybridized carbons (Fsp3) is 0.375. The van der Waals surface area contributed by atoms with Gasteiger partial charge in [-0.15, -0.1) is 10.2 Å². The van der Waals surface area contributed by atoms with Gasteiger partial charge in [0.2, 0.25) is 11.1 Å². The second kappa shape index (κ2) is 10.1. The van der Waals surface area contributed by atoms with Gasteiger partial charge in [-0.1, -0.05) is 75.0 Å². The van der Waals surface area contributed by atoms with Crippen LogP contribution in [0.1, 0.15) is 57.6 Å². The second-order valence-corrected chi connectivity index (χ2v) is 10.0. The van der Waals surface area contributed by atoms with Gasteiger partial charge in [-0.25, -0.2) is 4.68 Å². The lowest BCUT2D eigenvalue weighted by Gasteiger charge is -2.19. The van der Waals surface area contributed by atoms with Gasteiger partial charge in [-0.3, -0.25) is 4.79 Å². The number of nitrogens with one attached hydrogen (secondary N) is 1. The Morgan fingerprint density at radius 1 is 1.09 bits per heavy atom. The van der Waals surface area contributed by atoms with Crippen LogP contribution in [0.4, 0.5) is 0 Å². The minimum absolute atomic E-state index is 0.0869. The first-order chi connectivity index (χ1) is 15.1. The Labute approximate surface area is 193 Å². The Kier molecular flexibility index (Phi) is 7.45. The second-order valence-electron chi connectivity index (χ2n) is 8.73. The SMILES string of the molecule is CC(Sc1nnc(COc2ccc(C(C)(C)C)cc2)n1N)C(=O)NC(C)c1ccccc1. The number of nitrogen functional groups attached to an aromatic ring is 1. The maximum absolute atomic E-state index is 12.6. The Morgan fingerprint density at radius 2 is 1.75 bits per heavy atom. The van der Waals surface area contributed by atoms with Crippen LogP contribution in [0.25, 0.3) is 0 Å². The van der Waals surface area contributed by atoms with Gasteiger partial charge in [0.1, 0.15) is 12.4 Å². The third-order valence-corrected chi connectivity index (χ3v) is 6.19. The highest BCUT2D eigenvalue weighted by Gasteiger charge is 2.21. The minimum Gasteiger partial charge on any atom is -0.486 e. The molecule has 1 amide bonds. The smallest absolute Gasteiger partial charge is 0.233 e. The van der Waals surface area contributed by atoms with Gasteiger partial charge in [-0.2, -0.15) is 0 Å². The molecule has 8 heteroatoms. The van der Waals surface area contributed by atoms with E-state index in [-0.39, 0.29) is 29.2 Å². The largest absolute Gasteiger partial charge is 0.486 e. The number of nitrogens with two attached hydrogens (primary N) is 1. The highest BCUT2D eigenvalue weighted by Crippen LogP contribution is 2.25. The Hall–Kier alpha value is -3.00. The number of carbonyl (C=O) groups is 1. The number of hydrogen-bond acceptors (Lipinski definition) is 6. The summed E-state index contributed by atoms with van der Waals surface area (Å²) in [5.41, 5.74) is 2.37. The minimum atomic E-state index is -0.383. The Morgan fingerprint density at radius 3 is 2.38 bits per heavy atom. The summed E-state index contributed by atoms with van der Waals surface area (Å²) in [4.78, 5) is 12.6. The van der Waals surface area contributed by atoms with E-state index in [0.29, 0.717) is 11.0 Å². The molecule has 0 bridgehead atoms.